The highest BCUT2D eigenvalue weighted by atomic mass is 19.4. The molecule has 0 radical (unpaired) electrons. The summed E-state index contributed by atoms with van der Waals surface area (Å²) in [6.45, 7) is 2.14. The summed E-state index contributed by atoms with van der Waals surface area (Å²) in [5.41, 5.74) is -0.0905. The second kappa shape index (κ2) is 8.67. The molecule has 3 rings (SSSR count). The first-order valence-electron chi connectivity index (χ1n) is 9.72. The zero-order valence-corrected chi connectivity index (χ0v) is 16.0. The third kappa shape index (κ3) is 5.25. The molecule has 29 heavy (non-hydrogen) atoms. The number of benzene rings is 2. The maximum Gasteiger partial charge on any atom is 0.573 e. The third-order valence-electron chi connectivity index (χ3n) is 5.53. The van der Waals surface area contributed by atoms with Gasteiger partial charge in [0.1, 0.15) is 11.6 Å². The molecular formula is C22H22F6O. The van der Waals surface area contributed by atoms with Crippen LogP contribution < -0.4 is 4.74 Å². The fraction of sp³-hybridized carbons (Fsp3) is 0.455. The van der Waals surface area contributed by atoms with Crippen LogP contribution in [0.2, 0.25) is 0 Å². The molecule has 7 heteroatoms. The van der Waals surface area contributed by atoms with Gasteiger partial charge in [-0.3, -0.25) is 0 Å². The highest BCUT2D eigenvalue weighted by Gasteiger charge is 2.32. The molecule has 0 saturated heterocycles. The second-order valence-electron chi connectivity index (χ2n) is 7.56. The van der Waals surface area contributed by atoms with E-state index in [1.54, 1.807) is 0 Å². The van der Waals surface area contributed by atoms with E-state index in [4.69, 9.17) is 0 Å². The number of hydrogen-bond donors (Lipinski definition) is 0. The van der Waals surface area contributed by atoms with Crippen molar-refractivity contribution in [2.24, 2.45) is 5.92 Å². The minimum absolute atomic E-state index is 0.0699. The van der Waals surface area contributed by atoms with Crippen LogP contribution in [-0.2, 0) is 0 Å². The van der Waals surface area contributed by atoms with Gasteiger partial charge in [-0.15, -0.1) is 13.2 Å². The minimum atomic E-state index is -5.06. The van der Waals surface area contributed by atoms with Crippen molar-refractivity contribution in [3.05, 3.63) is 53.3 Å². The molecule has 0 atom stereocenters. The van der Waals surface area contributed by atoms with E-state index in [1.165, 1.54) is 12.1 Å². The summed E-state index contributed by atoms with van der Waals surface area (Å²) < 4.78 is 83.6. The van der Waals surface area contributed by atoms with Gasteiger partial charge in [0.15, 0.2) is 11.6 Å². The van der Waals surface area contributed by atoms with Crippen molar-refractivity contribution in [1.29, 1.82) is 0 Å². The van der Waals surface area contributed by atoms with Crippen molar-refractivity contribution in [1.82, 2.24) is 0 Å². The smallest absolute Gasteiger partial charge is 0.403 e. The predicted octanol–water partition coefficient (Wildman–Crippen LogP) is 7.74. The van der Waals surface area contributed by atoms with Gasteiger partial charge in [-0.05, 0) is 72.9 Å². The van der Waals surface area contributed by atoms with E-state index in [0.29, 0.717) is 23.6 Å². The quantitative estimate of drug-likeness (QED) is 0.453. The Morgan fingerprint density at radius 1 is 0.897 bits per heavy atom. The van der Waals surface area contributed by atoms with E-state index in [2.05, 4.69) is 11.7 Å². The monoisotopic (exact) mass is 416 g/mol. The van der Waals surface area contributed by atoms with Crippen LogP contribution in [0.4, 0.5) is 26.3 Å². The molecule has 0 amide bonds. The number of rotatable bonds is 5. The Bertz CT molecular complexity index is 830. The van der Waals surface area contributed by atoms with Crippen molar-refractivity contribution in [2.45, 2.75) is 57.7 Å². The number of alkyl halides is 3. The van der Waals surface area contributed by atoms with Gasteiger partial charge in [0, 0.05) is 0 Å². The lowest BCUT2D eigenvalue weighted by Gasteiger charge is -2.29. The van der Waals surface area contributed by atoms with Crippen LogP contribution in [-0.4, -0.2) is 6.36 Å². The summed E-state index contributed by atoms with van der Waals surface area (Å²) in [5.74, 6) is -3.40. The van der Waals surface area contributed by atoms with Crippen molar-refractivity contribution < 1.29 is 31.1 Å². The van der Waals surface area contributed by atoms with E-state index in [-0.39, 0.29) is 11.5 Å². The summed E-state index contributed by atoms with van der Waals surface area (Å²) in [4.78, 5) is 0. The predicted molar refractivity (Wildman–Crippen MR) is 98.0 cm³/mol. The Morgan fingerprint density at radius 3 is 2.03 bits per heavy atom. The van der Waals surface area contributed by atoms with Crippen molar-refractivity contribution in [3.63, 3.8) is 0 Å². The molecule has 2 aromatic rings. The van der Waals surface area contributed by atoms with Gasteiger partial charge in [-0.25, -0.2) is 13.2 Å². The molecule has 0 aromatic heterocycles. The van der Waals surface area contributed by atoms with Gasteiger partial charge in [0.2, 0.25) is 0 Å². The molecule has 0 N–H and O–H groups in total. The van der Waals surface area contributed by atoms with E-state index in [0.717, 1.165) is 44.6 Å². The normalized spacial score (nSPS) is 20.0. The fourth-order valence-corrected chi connectivity index (χ4v) is 4.16. The Morgan fingerprint density at radius 2 is 1.52 bits per heavy atom. The average molecular weight is 416 g/mol. The van der Waals surface area contributed by atoms with Crippen LogP contribution in [0, 0.1) is 23.4 Å². The molecular weight excluding hydrogens is 394 g/mol. The molecule has 1 aliphatic rings. The van der Waals surface area contributed by atoms with Crippen LogP contribution in [0.5, 0.6) is 5.75 Å². The minimum Gasteiger partial charge on any atom is -0.403 e. The summed E-state index contributed by atoms with van der Waals surface area (Å²) in [6.07, 6.45) is 0.994. The highest BCUT2D eigenvalue weighted by Crippen LogP contribution is 2.40. The summed E-state index contributed by atoms with van der Waals surface area (Å²) in [7, 11) is 0. The molecule has 1 aliphatic carbocycles. The first kappa shape index (κ1) is 21.5. The lowest BCUT2D eigenvalue weighted by Crippen LogP contribution is -2.17. The maximum atomic E-state index is 14.7. The van der Waals surface area contributed by atoms with Gasteiger partial charge < -0.3 is 4.74 Å². The zero-order valence-electron chi connectivity index (χ0n) is 16.0. The van der Waals surface area contributed by atoms with Crippen LogP contribution in [0.25, 0.3) is 11.1 Å². The van der Waals surface area contributed by atoms with E-state index in [1.807, 2.05) is 0 Å². The molecule has 1 saturated carbocycles. The lowest BCUT2D eigenvalue weighted by molar-refractivity contribution is -0.275. The van der Waals surface area contributed by atoms with Gasteiger partial charge in [0.25, 0.3) is 0 Å². The molecule has 158 valence electrons. The summed E-state index contributed by atoms with van der Waals surface area (Å²) in [6, 6.07) is 4.85. The molecule has 2 aromatic carbocycles. The van der Waals surface area contributed by atoms with Gasteiger partial charge in [-0.2, -0.15) is 0 Å². The molecule has 1 fully saturated rings. The zero-order chi connectivity index (χ0) is 21.2. The lowest BCUT2D eigenvalue weighted by atomic mass is 9.77. The highest BCUT2D eigenvalue weighted by molar-refractivity contribution is 5.66. The molecule has 0 heterocycles. The van der Waals surface area contributed by atoms with Crippen molar-refractivity contribution >= 4 is 0 Å². The molecule has 0 bridgehead atoms. The van der Waals surface area contributed by atoms with E-state index >= 15 is 0 Å². The van der Waals surface area contributed by atoms with Gasteiger partial charge in [0.05, 0.1) is 5.56 Å². The van der Waals surface area contributed by atoms with Crippen LogP contribution >= 0.6 is 0 Å². The van der Waals surface area contributed by atoms with Crippen LogP contribution in [0.1, 0.15) is 56.9 Å². The van der Waals surface area contributed by atoms with E-state index in [9.17, 15) is 26.3 Å². The summed E-state index contributed by atoms with van der Waals surface area (Å²) in [5, 5.41) is 0. The topological polar surface area (TPSA) is 9.23 Å². The Labute approximate surface area is 165 Å². The van der Waals surface area contributed by atoms with E-state index < -0.39 is 35.1 Å². The largest absolute Gasteiger partial charge is 0.573 e. The first-order chi connectivity index (χ1) is 13.7. The van der Waals surface area contributed by atoms with Crippen LogP contribution in [0.3, 0.4) is 0 Å². The SMILES string of the molecule is CCCC1CCC(c2cc(F)c(-c3ccc(OC(F)(F)F)c(F)c3)c(F)c2)CC1. The molecule has 1 nitrogen and oxygen atoms in total. The average Bonchev–Trinajstić information content (AvgIpc) is 2.63. The maximum absolute atomic E-state index is 14.7. The van der Waals surface area contributed by atoms with Gasteiger partial charge >= 0.3 is 6.36 Å². The summed E-state index contributed by atoms with van der Waals surface area (Å²) >= 11 is 0. The van der Waals surface area contributed by atoms with Crippen molar-refractivity contribution in [2.75, 3.05) is 0 Å². The van der Waals surface area contributed by atoms with Gasteiger partial charge in [-0.1, -0.05) is 25.8 Å². The first-order valence-corrected chi connectivity index (χ1v) is 9.72. The Kier molecular flexibility index (Phi) is 6.44. The second-order valence-corrected chi connectivity index (χ2v) is 7.56. The fourth-order valence-electron chi connectivity index (χ4n) is 4.16. The Balaban J connectivity index is 1.82. The third-order valence-corrected chi connectivity index (χ3v) is 5.53. The molecule has 0 spiro atoms. The van der Waals surface area contributed by atoms with Crippen LogP contribution in [0.15, 0.2) is 30.3 Å². The number of halogens is 6. The number of ether oxygens (including phenoxy) is 1. The Hall–Kier alpha value is -2.18. The standard InChI is InChI=1S/C22H22F6O/c1-2-3-13-4-6-14(7-5-13)16-11-18(24)21(19(25)12-16)15-8-9-20(17(23)10-15)29-22(26,27)28/h8-14H,2-7H2,1H3. The molecule has 0 aliphatic heterocycles. The number of hydrogen-bond acceptors (Lipinski definition) is 1. The van der Waals surface area contributed by atoms with Crippen molar-refractivity contribution in [3.8, 4) is 16.9 Å². The molecule has 0 unspecified atom stereocenters.